The Bertz CT molecular complexity index is 849. The molecule has 0 amide bonds. The number of hydrogen-bond donors (Lipinski definition) is 4. The maximum absolute atomic E-state index is 10.5. The predicted molar refractivity (Wildman–Crippen MR) is 109 cm³/mol. The number of aliphatic hydroxyl groups excluding tert-OH is 3. The summed E-state index contributed by atoms with van der Waals surface area (Å²) in [6.07, 6.45) is -3.53. The minimum atomic E-state index is -1.24. The van der Waals surface area contributed by atoms with Crippen molar-refractivity contribution in [3.8, 4) is 0 Å². The van der Waals surface area contributed by atoms with Gasteiger partial charge in [0.1, 0.15) is 24.4 Å². The van der Waals surface area contributed by atoms with E-state index in [1.54, 1.807) is 0 Å². The second kappa shape index (κ2) is 10.1. The summed E-state index contributed by atoms with van der Waals surface area (Å²) in [5.41, 5.74) is 5.02. The molecule has 4 N–H and O–H groups in total. The Hall–Kier alpha value is -2.29. The van der Waals surface area contributed by atoms with Crippen molar-refractivity contribution < 1.29 is 34.7 Å². The van der Waals surface area contributed by atoms with Gasteiger partial charge in [0.15, 0.2) is 0 Å². The molecule has 7 nitrogen and oxygen atoms in total. The molecule has 1 aliphatic heterocycles. The first-order valence-electron chi connectivity index (χ1n) is 9.97. The van der Waals surface area contributed by atoms with E-state index in [-0.39, 0.29) is 19.6 Å². The van der Waals surface area contributed by atoms with Crippen LogP contribution in [0.1, 0.15) is 40.3 Å². The highest BCUT2D eigenvalue weighted by molar-refractivity contribution is 5.66. The number of rotatable bonds is 8. The van der Waals surface area contributed by atoms with Crippen molar-refractivity contribution in [2.45, 2.75) is 50.8 Å². The van der Waals surface area contributed by atoms with E-state index in [1.807, 2.05) is 49.4 Å². The number of aliphatic carboxylic acids is 1. The molecule has 0 saturated carbocycles. The normalized spacial score (nSPS) is 24.0. The standard InChI is InChI=1S/C23H28O7/c1-14-2-7-17(23-22(28)21(27)19(24)13-30-23)11-18(14)10-15-3-5-16(6-4-15)12-29-9-8-20(25)26/h2-7,11,19,21-24,27-28H,8-10,12-13H2,1H3,(H,25,26)/t19-,21+,22-,23+/m1/s1. The first-order valence-corrected chi connectivity index (χ1v) is 9.97. The van der Waals surface area contributed by atoms with Gasteiger partial charge < -0.3 is 29.9 Å². The fraction of sp³-hybridized carbons (Fsp3) is 0.435. The van der Waals surface area contributed by atoms with E-state index >= 15 is 0 Å². The smallest absolute Gasteiger partial charge is 0.305 e. The topological polar surface area (TPSA) is 116 Å². The summed E-state index contributed by atoms with van der Waals surface area (Å²) < 4.78 is 10.9. The Morgan fingerprint density at radius 2 is 1.77 bits per heavy atom. The molecule has 0 aliphatic carbocycles. The molecule has 1 saturated heterocycles. The summed E-state index contributed by atoms with van der Waals surface area (Å²) in [6, 6.07) is 13.7. The molecule has 7 heteroatoms. The highest BCUT2D eigenvalue weighted by atomic mass is 16.5. The van der Waals surface area contributed by atoms with Crippen molar-refractivity contribution in [3.63, 3.8) is 0 Å². The number of aryl methyl sites for hydroxylation is 1. The number of aliphatic hydroxyl groups is 3. The molecule has 1 aliphatic rings. The van der Waals surface area contributed by atoms with Gasteiger partial charge in [-0.25, -0.2) is 0 Å². The molecule has 0 aromatic heterocycles. The van der Waals surface area contributed by atoms with Crippen molar-refractivity contribution in [2.24, 2.45) is 0 Å². The Labute approximate surface area is 175 Å². The molecule has 1 fully saturated rings. The number of carboxylic acid groups (broad SMARTS) is 1. The molecular formula is C23H28O7. The molecule has 2 aromatic carbocycles. The van der Waals surface area contributed by atoms with E-state index in [4.69, 9.17) is 14.6 Å². The monoisotopic (exact) mass is 416 g/mol. The molecule has 1 heterocycles. The summed E-state index contributed by atoms with van der Waals surface area (Å²) in [7, 11) is 0. The van der Waals surface area contributed by atoms with E-state index in [1.165, 1.54) is 0 Å². The third-order valence-electron chi connectivity index (χ3n) is 5.35. The van der Waals surface area contributed by atoms with Gasteiger partial charge in [0.05, 0.1) is 26.2 Å². The zero-order valence-corrected chi connectivity index (χ0v) is 16.9. The highest BCUT2D eigenvalue weighted by Crippen LogP contribution is 2.30. The van der Waals surface area contributed by atoms with Crippen LogP contribution in [0, 0.1) is 6.92 Å². The second-order valence-corrected chi connectivity index (χ2v) is 7.68. The van der Waals surface area contributed by atoms with Crippen LogP contribution in [0.25, 0.3) is 0 Å². The third-order valence-corrected chi connectivity index (χ3v) is 5.35. The molecule has 30 heavy (non-hydrogen) atoms. The molecule has 4 atom stereocenters. The second-order valence-electron chi connectivity index (χ2n) is 7.68. The van der Waals surface area contributed by atoms with Gasteiger partial charge >= 0.3 is 5.97 Å². The SMILES string of the molecule is Cc1ccc([C@@H]2OC[C@@H](O)[C@H](O)[C@H]2O)cc1Cc1ccc(COCCC(=O)O)cc1. The number of carboxylic acids is 1. The summed E-state index contributed by atoms with van der Waals surface area (Å²) in [5, 5.41) is 38.5. The Kier molecular flexibility index (Phi) is 7.58. The van der Waals surface area contributed by atoms with Crippen LogP contribution in [-0.4, -0.2) is 57.9 Å². The van der Waals surface area contributed by atoms with Crippen molar-refractivity contribution >= 4 is 5.97 Å². The minimum Gasteiger partial charge on any atom is -0.481 e. The lowest BCUT2D eigenvalue weighted by Gasteiger charge is -2.35. The fourth-order valence-corrected chi connectivity index (χ4v) is 3.48. The van der Waals surface area contributed by atoms with E-state index in [2.05, 4.69) is 0 Å². The molecular weight excluding hydrogens is 388 g/mol. The van der Waals surface area contributed by atoms with Crippen molar-refractivity contribution in [3.05, 3.63) is 70.3 Å². The summed E-state index contributed by atoms with van der Waals surface area (Å²) in [6.45, 7) is 2.54. The Morgan fingerprint density at radius 3 is 2.47 bits per heavy atom. The third kappa shape index (κ3) is 5.65. The fourth-order valence-electron chi connectivity index (χ4n) is 3.48. The van der Waals surface area contributed by atoms with Gasteiger partial charge in [-0.3, -0.25) is 4.79 Å². The average molecular weight is 416 g/mol. The largest absolute Gasteiger partial charge is 0.481 e. The van der Waals surface area contributed by atoms with Crippen LogP contribution in [0.4, 0.5) is 0 Å². The first-order chi connectivity index (χ1) is 14.3. The van der Waals surface area contributed by atoms with Gasteiger partial charge in [0.25, 0.3) is 0 Å². The minimum absolute atomic E-state index is 0.0108. The van der Waals surface area contributed by atoms with E-state index in [0.29, 0.717) is 13.0 Å². The van der Waals surface area contributed by atoms with Gasteiger partial charge in [0, 0.05) is 0 Å². The lowest BCUT2D eigenvalue weighted by atomic mass is 9.91. The number of benzene rings is 2. The molecule has 0 unspecified atom stereocenters. The van der Waals surface area contributed by atoms with E-state index in [9.17, 15) is 20.1 Å². The van der Waals surface area contributed by atoms with Crippen molar-refractivity contribution in [1.82, 2.24) is 0 Å². The van der Waals surface area contributed by atoms with Crippen molar-refractivity contribution in [2.75, 3.05) is 13.2 Å². The van der Waals surface area contributed by atoms with Gasteiger partial charge in [0.2, 0.25) is 0 Å². The zero-order valence-electron chi connectivity index (χ0n) is 16.9. The van der Waals surface area contributed by atoms with Crippen LogP contribution in [0.2, 0.25) is 0 Å². The number of ether oxygens (including phenoxy) is 2. The van der Waals surface area contributed by atoms with Crippen LogP contribution >= 0.6 is 0 Å². The predicted octanol–water partition coefficient (Wildman–Crippen LogP) is 1.73. The van der Waals surface area contributed by atoms with Crippen LogP contribution in [0.15, 0.2) is 42.5 Å². The zero-order chi connectivity index (χ0) is 21.7. The van der Waals surface area contributed by atoms with Crippen LogP contribution in [-0.2, 0) is 27.3 Å². The first kappa shape index (κ1) is 22.4. The van der Waals surface area contributed by atoms with Crippen LogP contribution in [0.3, 0.4) is 0 Å². The molecule has 0 bridgehead atoms. The maximum Gasteiger partial charge on any atom is 0.305 e. The summed E-state index contributed by atoms with van der Waals surface area (Å²) in [5.74, 6) is -0.875. The van der Waals surface area contributed by atoms with Gasteiger partial charge in [-0.05, 0) is 41.2 Å². The lowest BCUT2D eigenvalue weighted by Crippen LogP contribution is -2.49. The lowest BCUT2D eigenvalue weighted by molar-refractivity contribution is -0.189. The van der Waals surface area contributed by atoms with Crippen LogP contribution < -0.4 is 0 Å². The molecule has 0 radical (unpaired) electrons. The van der Waals surface area contributed by atoms with Gasteiger partial charge in [-0.1, -0.05) is 42.5 Å². The Morgan fingerprint density at radius 1 is 1.07 bits per heavy atom. The van der Waals surface area contributed by atoms with E-state index < -0.39 is 30.4 Å². The summed E-state index contributed by atoms with van der Waals surface area (Å²) in [4.78, 5) is 10.5. The Balaban J connectivity index is 1.65. The average Bonchev–Trinajstić information content (AvgIpc) is 2.72. The van der Waals surface area contributed by atoms with Crippen LogP contribution in [0.5, 0.6) is 0 Å². The molecule has 0 spiro atoms. The van der Waals surface area contributed by atoms with E-state index in [0.717, 1.165) is 27.8 Å². The maximum atomic E-state index is 10.5. The number of carbonyl (C=O) groups is 1. The highest BCUT2D eigenvalue weighted by Gasteiger charge is 2.38. The molecule has 2 aromatic rings. The van der Waals surface area contributed by atoms with Gasteiger partial charge in [-0.15, -0.1) is 0 Å². The molecule has 3 rings (SSSR count). The molecule has 162 valence electrons. The van der Waals surface area contributed by atoms with Crippen molar-refractivity contribution in [1.29, 1.82) is 0 Å². The van der Waals surface area contributed by atoms with Gasteiger partial charge in [-0.2, -0.15) is 0 Å². The quantitative estimate of drug-likeness (QED) is 0.484. The summed E-state index contributed by atoms with van der Waals surface area (Å²) >= 11 is 0. The number of hydrogen-bond acceptors (Lipinski definition) is 6.